The summed E-state index contributed by atoms with van der Waals surface area (Å²) >= 11 is 0. The molecule has 0 spiro atoms. The monoisotopic (exact) mass is 585 g/mol. The van der Waals surface area contributed by atoms with Crippen molar-refractivity contribution in [1.29, 1.82) is 0 Å². The minimum Gasteiger partial charge on any atom is -0.386 e. The van der Waals surface area contributed by atoms with Crippen molar-refractivity contribution < 1.29 is 84.7 Å². The van der Waals surface area contributed by atoms with E-state index in [1.54, 1.807) is 0 Å². The third-order valence-electron chi connectivity index (χ3n) is 4.74. The number of hydrogen-bond acceptors (Lipinski definition) is 3. The third kappa shape index (κ3) is 4.62. The molecule has 1 rings (SSSR count). The van der Waals surface area contributed by atoms with Gasteiger partial charge in [-0.15, -0.1) is 0 Å². The van der Waals surface area contributed by atoms with E-state index >= 15 is 0 Å². The van der Waals surface area contributed by atoms with Gasteiger partial charge in [0, 0.05) is 18.6 Å². The Hall–Kier alpha value is -2.61. The first-order valence-electron chi connectivity index (χ1n) is 8.68. The lowest BCUT2D eigenvalue weighted by Gasteiger charge is -2.43. The molecule has 1 unspecified atom stereocenters. The molecule has 0 aliphatic heterocycles. The van der Waals surface area contributed by atoms with Crippen LogP contribution in [0.2, 0.25) is 0 Å². The van der Waals surface area contributed by atoms with Crippen molar-refractivity contribution in [1.82, 2.24) is 0 Å². The topological polar surface area (TPSA) is 63.4 Å². The number of halogens is 17. The van der Waals surface area contributed by atoms with Crippen molar-refractivity contribution in [3.05, 3.63) is 39.9 Å². The van der Waals surface area contributed by atoms with Crippen LogP contribution in [-0.4, -0.2) is 63.8 Å². The van der Waals surface area contributed by atoms with Crippen LogP contribution in [0.15, 0.2) is 24.3 Å². The minimum absolute atomic E-state index is 0.441. The molecule has 0 fully saturated rings. The van der Waals surface area contributed by atoms with Gasteiger partial charge in [0.05, 0.1) is 4.92 Å². The van der Waals surface area contributed by atoms with Gasteiger partial charge in [-0.2, -0.15) is 74.6 Å². The van der Waals surface area contributed by atoms with Gasteiger partial charge in [0.25, 0.3) is 5.69 Å². The van der Waals surface area contributed by atoms with E-state index < -0.39 is 76.3 Å². The van der Waals surface area contributed by atoms with E-state index in [1.165, 1.54) is 0 Å². The summed E-state index contributed by atoms with van der Waals surface area (Å²) in [4.78, 5) is 9.36. The molecule has 0 saturated carbocycles. The molecule has 0 bridgehead atoms. The zero-order chi connectivity index (χ0) is 29.8. The Morgan fingerprint density at radius 2 is 0.946 bits per heavy atom. The number of rotatable bonds is 10. The average Bonchev–Trinajstić information content (AvgIpc) is 2.72. The summed E-state index contributed by atoms with van der Waals surface area (Å²) in [5.74, 6) is -57.9. The highest BCUT2D eigenvalue weighted by molar-refractivity contribution is 5.33. The van der Waals surface area contributed by atoms with E-state index in [1.807, 2.05) is 0 Å². The zero-order valence-electron chi connectivity index (χ0n) is 16.7. The lowest BCUT2D eigenvalue weighted by molar-refractivity contribution is -0.464. The largest absolute Gasteiger partial charge is 0.460 e. The number of nitro benzene ring substituents is 1. The Morgan fingerprint density at radius 1 is 0.622 bits per heavy atom. The molecule has 214 valence electrons. The molecule has 37 heavy (non-hydrogen) atoms. The maximum atomic E-state index is 13.9. The molecule has 21 heteroatoms. The summed E-state index contributed by atoms with van der Waals surface area (Å²) in [6.45, 7) is 0. The molecule has 0 saturated heterocycles. The molecular weight excluding hydrogens is 577 g/mol. The van der Waals surface area contributed by atoms with Crippen LogP contribution in [0.3, 0.4) is 0 Å². The fourth-order valence-corrected chi connectivity index (χ4v) is 2.49. The van der Waals surface area contributed by atoms with E-state index in [0.29, 0.717) is 24.3 Å². The Morgan fingerprint density at radius 3 is 1.27 bits per heavy atom. The Balaban J connectivity index is 3.52. The van der Waals surface area contributed by atoms with Crippen molar-refractivity contribution in [2.24, 2.45) is 0 Å². The van der Waals surface area contributed by atoms with Gasteiger partial charge in [0.2, 0.25) is 0 Å². The standard InChI is InChI=1S/C16H8F17NO3/c17-9(18,8(35)5-6-1-3-7(4-2-6)34(36)37)10(19,20)11(21,22)12(23,24)13(25,26)14(27,28)15(29,30)16(31,32)33/h1-4,8,35H,5H2. The molecule has 0 radical (unpaired) electrons. The molecule has 0 amide bonds. The fourth-order valence-electron chi connectivity index (χ4n) is 2.49. The SMILES string of the molecule is O=[N+]([O-])c1ccc(CC(O)C(F)(F)C(F)(F)C(F)(F)C(F)(F)C(F)(F)C(F)(F)C(F)(F)C(F)(F)F)cc1. The lowest BCUT2D eigenvalue weighted by atomic mass is 9.86. The molecule has 1 N–H and O–H groups in total. The summed E-state index contributed by atoms with van der Waals surface area (Å²) in [5, 5.41) is 19.7. The van der Waals surface area contributed by atoms with Crippen LogP contribution in [-0.2, 0) is 6.42 Å². The van der Waals surface area contributed by atoms with Crippen LogP contribution < -0.4 is 0 Å². The fraction of sp³-hybridized carbons (Fsp3) is 0.625. The van der Waals surface area contributed by atoms with Crippen LogP contribution in [0, 0.1) is 10.1 Å². The maximum Gasteiger partial charge on any atom is 0.460 e. The molecule has 1 atom stereocenters. The molecule has 0 aliphatic rings. The van der Waals surface area contributed by atoms with E-state index in [2.05, 4.69) is 0 Å². The number of non-ortho nitro benzene ring substituents is 1. The van der Waals surface area contributed by atoms with Crippen molar-refractivity contribution >= 4 is 5.69 Å². The van der Waals surface area contributed by atoms with Gasteiger partial charge < -0.3 is 5.11 Å². The van der Waals surface area contributed by atoms with Crippen LogP contribution in [0.5, 0.6) is 0 Å². The van der Waals surface area contributed by atoms with Crippen LogP contribution in [0.1, 0.15) is 5.56 Å². The summed E-state index contributed by atoms with van der Waals surface area (Å²) < 4.78 is 225. The first-order chi connectivity index (χ1) is 16.1. The number of benzene rings is 1. The molecule has 1 aromatic rings. The summed E-state index contributed by atoms with van der Waals surface area (Å²) in [5.41, 5.74) is -1.61. The number of aliphatic hydroxyl groups is 1. The van der Waals surface area contributed by atoms with Crippen LogP contribution in [0.4, 0.5) is 80.3 Å². The maximum absolute atomic E-state index is 13.9. The minimum atomic E-state index is -8.76. The average molecular weight is 585 g/mol. The quantitative estimate of drug-likeness (QED) is 0.194. The highest BCUT2D eigenvalue weighted by Gasteiger charge is 2.95. The molecular formula is C16H8F17NO3. The number of aliphatic hydroxyl groups excluding tert-OH is 1. The number of nitrogens with zero attached hydrogens (tertiary/aromatic N) is 1. The first-order valence-corrected chi connectivity index (χ1v) is 8.68. The normalized spacial score (nSPS) is 16.1. The summed E-state index contributed by atoms with van der Waals surface area (Å²) in [6, 6.07) is 1.83. The number of alkyl halides is 17. The predicted octanol–water partition coefficient (Wildman–Crippen LogP) is 6.51. The van der Waals surface area contributed by atoms with Crippen molar-refractivity contribution in [3.63, 3.8) is 0 Å². The Labute approximate surface area is 191 Å². The van der Waals surface area contributed by atoms with Gasteiger partial charge in [-0.1, -0.05) is 12.1 Å². The van der Waals surface area contributed by atoms with Crippen LogP contribution >= 0.6 is 0 Å². The van der Waals surface area contributed by atoms with Gasteiger partial charge in [-0.3, -0.25) is 10.1 Å². The Kier molecular flexibility index (Phi) is 7.89. The second-order valence-corrected chi connectivity index (χ2v) is 7.21. The lowest BCUT2D eigenvalue weighted by Crippen LogP contribution is -2.75. The van der Waals surface area contributed by atoms with Crippen molar-refractivity contribution in [3.8, 4) is 0 Å². The van der Waals surface area contributed by atoms with E-state index in [0.717, 1.165) is 0 Å². The first kappa shape index (κ1) is 32.4. The Bertz CT molecular complexity index is 987. The van der Waals surface area contributed by atoms with Crippen LogP contribution in [0.25, 0.3) is 0 Å². The second-order valence-electron chi connectivity index (χ2n) is 7.21. The highest BCUT2D eigenvalue weighted by Crippen LogP contribution is 2.64. The van der Waals surface area contributed by atoms with Crippen molar-refractivity contribution in [2.75, 3.05) is 0 Å². The molecule has 0 heterocycles. The van der Waals surface area contributed by atoms with Gasteiger partial charge in [0.1, 0.15) is 6.10 Å². The predicted molar refractivity (Wildman–Crippen MR) is 83.5 cm³/mol. The smallest absolute Gasteiger partial charge is 0.386 e. The van der Waals surface area contributed by atoms with E-state index in [9.17, 15) is 89.9 Å². The number of nitro groups is 1. The zero-order valence-corrected chi connectivity index (χ0v) is 16.7. The highest BCUT2D eigenvalue weighted by atomic mass is 19.4. The van der Waals surface area contributed by atoms with Gasteiger partial charge in [0.15, 0.2) is 0 Å². The van der Waals surface area contributed by atoms with Gasteiger partial charge in [-0.05, 0) is 5.56 Å². The van der Waals surface area contributed by atoms with Gasteiger partial charge in [-0.25, -0.2) is 0 Å². The molecule has 0 aliphatic carbocycles. The van der Waals surface area contributed by atoms with E-state index in [-0.39, 0.29) is 0 Å². The van der Waals surface area contributed by atoms with Gasteiger partial charge >= 0.3 is 47.6 Å². The molecule has 4 nitrogen and oxygen atoms in total. The third-order valence-corrected chi connectivity index (χ3v) is 4.74. The second kappa shape index (κ2) is 9.00. The van der Waals surface area contributed by atoms with Crippen molar-refractivity contribution in [2.45, 2.75) is 60.2 Å². The summed E-state index contributed by atoms with van der Waals surface area (Å²) in [7, 11) is 0. The molecule has 0 aromatic heterocycles. The summed E-state index contributed by atoms with van der Waals surface area (Å²) in [6.07, 6.45) is -14.1. The molecule has 1 aromatic carbocycles. The number of hydrogen-bond donors (Lipinski definition) is 1. The van der Waals surface area contributed by atoms with E-state index in [4.69, 9.17) is 0 Å².